The van der Waals surface area contributed by atoms with E-state index in [9.17, 15) is 0 Å². The average Bonchev–Trinajstić information content (AvgIpc) is 3.46. The molecule has 0 amide bonds. The number of nitrogen functional groups attached to an aromatic ring is 2. The van der Waals surface area contributed by atoms with Crippen molar-refractivity contribution in [1.29, 1.82) is 0 Å². The monoisotopic (exact) mass is 426 g/mol. The number of rotatable bonds is 5. The van der Waals surface area contributed by atoms with Crippen molar-refractivity contribution in [2.24, 2.45) is 0 Å². The zero-order valence-electron chi connectivity index (χ0n) is 17.7. The number of hydrogen-bond acceptors (Lipinski definition) is 8. The number of imidazole rings is 1. The molecule has 0 radical (unpaired) electrons. The molecule has 160 valence electrons. The van der Waals surface area contributed by atoms with Crippen molar-refractivity contribution in [3.8, 4) is 22.5 Å². The maximum atomic E-state index is 6.21. The van der Waals surface area contributed by atoms with Crippen LogP contribution in [0.25, 0.3) is 33.5 Å². The van der Waals surface area contributed by atoms with Crippen LogP contribution in [0.3, 0.4) is 0 Å². The molecule has 32 heavy (non-hydrogen) atoms. The zero-order valence-corrected chi connectivity index (χ0v) is 17.7. The molecule has 0 spiro atoms. The van der Waals surface area contributed by atoms with Gasteiger partial charge in [0.1, 0.15) is 16.9 Å². The van der Waals surface area contributed by atoms with E-state index in [0.29, 0.717) is 29.2 Å². The third-order valence-corrected chi connectivity index (χ3v) is 5.41. The number of anilines is 2. The molecule has 0 fully saturated rings. The van der Waals surface area contributed by atoms with Gasteiger partial charge in [0.15, 0.2) is 11.6 Å². The summed E-state index contributed by atoms with van der Waals surface area (Å²) in [5, 5.41) is 22.5. The van der Waals surface area contributed by atoms with E-state index in [1.807, 2.05) is 30.3 Å². The lowest BCUT2D eigenvalue weighted by Crippen LogP contribution is -2.09. The summed E-state index contributed by atoms with van der Waals surface area (Å²) in [6, 6.07) is 16.2. The van der Waals surface area contributed by atoms with Crippen molar-refractivity contribution in [3.05, 3.63) is 59.9 Å². The Kier molecular flexibility index (Phi) is 4.74. The largest absolute Gasteiger partial charge is 0.380 e. The number of aromatic amines is 1. The fraction of sp³-hybridized carbons (Fsp3) is 0.182. The molecule has 5 aromatic rings. The molecule has 5 N–H and O–H groups in total. The van der Waals surface area contributed by atoms with E-state index in [-0.39, 0.29) is 11.7 Å². The molecule has 10 heteroatoms. The van der Waals surface area contributed by atoms with Crippen LogP contribution < -0.4 is 11.5 Å². The minimum absolute atomic E-state index is 0.153. The molecular formula is C22H22N10. The lowest BCUT2D eigenvalue weighted by Gasteiger charge is -2.16. The first-order valence-corrected chi connectivity index (χ1v) is 10.2. The first-order chi connectivity index (χ1) is 15.5. The number of H-pyrrole nitrogens is 1. The molecule has 2 aromatic carbocycles. The molecule has 0 saturated carbocycles. The highest BCUT2D eigenvalue weighted by molar-refractivity contribution is 5.92. The van der Waals surface area contributed by atoms with Crippen LogP contribution >= 0.6 is 0 Å². The second-order valence-corrected chi connectivity index (χ2v) is 7.82. The number of nitrogens with zero attached hydrogens (tertiary/aromatic N) is 7. The van der Waals surface area contributed by atoms with Crippen molar-refractivity contribution < 1.29 is 0 Å². The van der Waals surface area contributed by atoms with Crippen LogP contribution in [0.5, 0.6) is 0 Å². The number of fused-ring (bicyclic) bond motifs is 1. The summed E-state index contributed by atoms with van der Waals surface area (Å²) in [4.78, 5) is 4.75. The van der Waals surface area contributed by atoms with E-state index in [1.165, 1.54) is 0 Å². The van der Waals surface area contributed by atoms with Crippen LogP contribution in [0.1, 0.15) is 31.2 Å². The van der Waals surface area contributed by atoms with Crippen molar-refractivity contribution in [2.45, 2.75) is 26.3 Å². The van der Waals surface area contributed by atoms with Crippen LogP contribution in [0, 0.1) is 0 Å². The van der Waals surface area contributed by atoms with Gasteiger partial charge in [-0.3, -0.25) is 0 Å². The van der Waals surface area contributed by atoms with Crippen molar-refractivity contribution >= 4 is 22.7 Å². The lowest BCUT2D eigenvalue weighted by atomic mass is 9.95. The van der Waals surface area contributed by atoms with Crippen LogP contribution in [-0.4, -0.2) is 40.4 Å². The maximum absolute atomic E-state index is 6.21. The number of benzene rings is 2. The highest BCUT2D eigenvalue weighted by Gasteiger charge is 2.21. The number of hydrogen-bond donors (Lipinski definition) is 3. The molecule has 5 rings (SSSR count). The van der Waals surface area contributed by atoms with Gasteiger partial charge in [-0.2, -0.15) is 5.21 Å². The van der Waals surface area contributed by atoms with Crippen LogP contribution in [0.4, 0.5) is 11.6 Å². The van der Waals surface area contributed by atoms with Gasteiger partial charge in [-0.15, -0.1) is 20.4 Å². The number of aromatic nitrogens is 8. The summed E-state index contributed by atoms with van der Waals surface area (Å²) in [5.41, 5.74) is 17.6. The molecule has 0 unspecified atom stereocenters. The standard InChI is InChI=1S/C22H22N10/c1-12(2)22-25-17-18(20(24)27-26-19(17)23)32(22)11-13-7-3-4-8-14(13)15-9-5-6-10-16(15)21-28-30-31-29-21/h3-10,12H,11H2,1-2H3,(H2,23,26)(H2,24,27)(H,28,29,30,31). The van der Waals surface area contributed by atoms with Crippen molar-refractivity contribution in [2.75, 3.05) is 11.5 Å². The molecule has 0 bridgehead atoms. The lowest BCUT2D eigenvalue weighted by molar-refractivity contribution is 0.684. The fourth-order valence-electron chi connectivity index (χ4n) is 3.99. The second-order valence-electron chi connectivity index (χ2n) is 7.82. The van der Waals surface area contributed by atoms with Crippen molar-refractivity contribution in [1.82, 2.24) is 40.4 Å². The summed E-state index contributed by atoms with van der Waals surface area (Å²) >= 11 is 0. The molecular weight excluding hydrogens is 404 g/mol. The van der Waals surface area contributed by atoms with E-state index in [1.54, 1.807) is 0 Å². The molecule has 0 atom stereocenters. The van der Waals surface area contributed by atoms with Crippen LogP contribution in [0.15, 0.2) is 48.5 Å². The third-order valence-electron chi connectivity index (χ3n) is 5.41. The highest BCUT2D eigenvalue weighted by atomic mass is 15.5. The fourth-order valence-corrected chi connectivity index (χ4v) is 3.99. The summed E-state index contributed by atoms with van der Waals surface area (Å²) < 4.78 is 2.08. The molecule has 0 saturated heterocycles. The molecule has 0 aliphatic rings. The Bertz CT molecular complexity index is 1400. The maximum Gasteiger partial charge on any atom is 0.205 e. The van der Waals surface area contributed by atoms with E-state index < -0.39 is 0 Å². The Morgan fingerprint density at radius 1 is 0.875 bits per heavy atom. The normalized spacial score (nSPS) is 11.5. The predicted octanol–water partition coefficient (Wildman–Crippen LogP) is 3.01. The molecule has 10 nitrogen and oxygen atoms in total. The predicted molar refractivity (Wildman–Crippen MR) is 122 cm³/mol. The van der Waals surface area contributed by atoms with E-state index in [2.05, 4.69) is 67.4 Å². The molecule has 3 heterocycles. The average molecular weight is 426 g/mol. The van der Waals surface area contributed by atoms with Gasteiger partial charge >= 0.3 is 0 Å². The van der Waals surface area contributed by atoms with Gasteiger partial charge in [0, 0.05) is 11.5 Å². The van der Waals surface area contributed by atoms with Gasteiger partial charge in [0.05, 0.1) is 6.54 Å². The summed E-state index contributed by atoms with van der Waals surface area (Å²) in [7, 11) is 0. The Morgan fingerprint density at radius 3 is 2.28 bits per heavy atom. The smallest absolute Gasteiger partial charge is 0.205 e. The Labute approximate surface area is 183 Å². The first-order valence-electron chi connectivity index (χ1n) is 10.2. The highest BCUT2D eigenvalue weighted by Crippen LogP contribution is 2.34. The number of nitrogens with one attached hydrogen (secondary N) is 1. The van der Waals surface area contributed by atoms with E-state index >= 15 is 0 Å². The SMILES string of the molecule is CC(C)c1nc2c(N)nnc(N)c2n1Cc1ccccc1-c1ccccc1-c1nn[nH]n1. The molecule has 3 aromatic heterocycles. The minimum atomic E-state index is 0.153. The number of tetrazole rings is 1. The molecule has 0 aliphatic heterocycles. The van der Waals surface area contributed by atoms with Gasteiger partial charge in [-0.25, -0.2) is 4.98 Å². The Balaban J connectivity index is 1.69. The van der Waals surface area contributed by atoms with E-state index in [4.69, 9.17) is 16.5 Å². The quantitative estimate of drug-likeness (QED) is 0.388. The minimum Gasteiger partial charge on any atom is -0.380 e. The Morgan fingerprint density at radius 2 is 1.56 bits per heavy atom. The van der Waals surface area contributed by atoms with Gasteiger partial charge in [-0.1, -0.05) is 62.4 Å². The molecule has 0 aliphatic carbocycles. The Hall–Kier alpha value is -4.34. The van der Waals surface area contributed by atoms with Gasteiger partial charge < -0.3 is 16.0 Å². The summed E-state index contributed by atoms with van der Waals surface area (Å²) in [6.45, 7) is 4.71. The van der Waals surface area contributed by atoms with Gasteiger partial charge in [0.25, 0.3) is 0 Å². The first kappa shape index (κ1) is 19.6. The summed E-state index contributed by atoms with van der Waals surface area (Å²) in [5.74, 6) is 2.14. The van der Waals surface area contributed by atoms with Gasteiger partial charge in [-0.05, 0) is 21.9 Å². The van der Waals surface area contributed by atoms with Gasteiger partial charge in [0.2, 0.25) is 5.82 Å². The third kappa shape index (κ3) is 3.22. The summed E-state index contributed by atoms with van der Waals surface area (Å²) in [6.07, 6.45) is 0. The second kappa shape index (κ2) is 7.73. The van der Waals surface area contributed by atoms with Crippen molar-refractivity contribution in [3.63, 3.8) is 0 Å². The number of nitrogens with two attached hydrogens (primary N) is 2. The topological polar surface area (TPSA) is 150 Å². The van der Waals surface area contributed by atoms with Crippen LogP contribution in [0.2, 0.25) is 0 Å². The van der Waals surface area contributed by atoms with Crippen LogP contribution in [-0.2, 0) is 6.54 Å². The van der Waals surface area contributed by atoms with E-state index in [0.717, 1.165) is 28.1 Å². The zero-order chi connectivity index (χ0) is 22.2.